The van der Waals surface area contributed by atoms with E-state index < -0.39 is 35.8 Å². The summed E-state index contributed by atoms with van der Waals surface area (Å²) in [4.78, 5) is 17.6. The number of benzene rings is 1. The molecule has 2 aliphatic heterocycles. The minimum Gasteiger partial charge on any atom is -0.497 e. The summed E-state index contributed by atoms with van der Waals surface area (Å²) in [6.07, 6.45) is -1.99. The second kappa shape index (κ2) is 8.55. The molecule has 1 aromatic rings. The first-order chi connectivity index (χ1) is 12.9. The van der Waals surface area contributed by atoms with Gasteiger partial charge >= 0.3 is 0 Å². The highest BCUT2D eigenvalue weighted by molar-refractivity contribution is 8.14. The van der Waals surface area contributed by atoms with Gasteiger partial charge in [-0.2, -0.15) is 4.91 Å². The number of aliphatic hydroxyl groups excluding tert-OH is 2. The van der Waals surface area contributed by atoms with Crippen LogP contribution in [-0.2, 0) is 11.2 Å². The summed E-state index contributed by atoms with van der Waals surface area (Å²) in [6, 6.07) is 6.11. The Balaban J connectivity index is 1.64. The van der Waals surface area contributed by atoms with Crippen LogP contribution in [0.15, 0.2) is 34.4 Å². The molecular weight excluding hydrogens is 370 g/mol. The molecule has 1 saturated heterocycles. The van der Waals surface area contributed by atoms with Crippen molar-refractivity contribution in [3.8, 4) is 5.75 Å². The van der Waals surface area contributed by atoms with E-state index in [9.17, 15) is 15.1 Å². The molecule has 3 rings (SSSR count). The monoisotopic (exact) mass is 395 g/mol. The van der Waals surface area contributed by atoms with Gasteiger partial charge < -0.3 is 24.6 Å². The topological polar surface area (TPSA) is 104 Å². The highest BCUT2D eigenvalue weighted by atomic mass is 32.2. The highest BCUT2D eigenvalue weighted by Crippen LogP contribution is 2.39. The number of methoxy groups -OCH3 is 1. The van der Waals surface area contributed by atoms with E-state index in [4.69, 9.17) is 9.47 Å². The predicted molar refractivity (Wildman–Crippen MR) is 104 cm³/mol. The van der Waals surface area contributed by atoms with Gasteiger partial charge in [-0.3, -0.25) is 4.99 Å². The maximum absolute atomic E-state index is 11.3. The molecule has 27 heavy (non-hydrogen) atoms. The predicted octanol–water partition coefficient (Wildman–Crippen LogP) is 1.24. The molecule has 0 aliphatic carbocycles. The first-order valence-corrected chi connectivity index (χ1v) is 9.71. The van der Waals surface area contributed by atoms with Crippen LogP contribution in [0, 0.1) is 4.91 Å². The van der Waals surface area contributed by atoms with Crippen LogP contribution in [0.1, 0.15) is 12.0 Å². The molecular formula is C18H25N3O5S. The second-order valence-electron chi connectivity index (χ2n) is 6.92. The van der Waals surface area contributed by atoms with Gasteiger partial charge in [0.1, 0.15) is 35.5 Å². The van der Waals surface area contributed by atoms with E-state index in [-0.39, 0.29) is 0 Å². The Morgan fingerprint density at radius 2 is 2.07 bits per heavy atom. The van der Waals surface area contributed by atoms with E-state index in [1.165, 1.54) is 11.8 Å². The van der Waals surface area contributed by atoms with Crippen molar-refractivity contribution < 1.29 is 19.7 Å². The Kier molecular flexibility index (Phi) is 6.36. The minimum absolute atomic E-state index is 0.392. The van der Waals surface area contributed by atoms with Gasteiger partial charge in [0, 0.05) is 14.1 Å². The zero-order chi connectivity index (χ0) is 19.6. The third-order valence-electron chi connectivity index (χ3n) is 4.86. The lowest BCUT2D eigenvalue weighted by molar-refractivity contribution is -0.149. The van der Waals surface area contributed by atoms with Gasteiger partial charge in [0.25, 0.3) is 0 Å². The number of aryl methyl sites for hydroxylation is 1. The summed E-state index contributed by atoms with van der Waals surface area (Å²) in [5.41, 5.74) is 0.602. The number of hydrogen-bond donors (Lipinski definition) is 2. The number of fused-ring (bicyclic) bond motifs is 1. The van der Waals surface area contributed by atoms with Crippen LogP contribution in [-0.4, -0.2) is 77.3 Å². The first-order valence-electron chi connectivity index (χ1n) is 8.83. The fraction of sp³-hybridized carbons (Fsp3) is 0.611. The van der Waals surface area contributed by atoms with E-state index in [2.05, 4.69) is 10.2 Å². The number of aliphatic hydroxyl groups is 2. The molecule has 0 aromatic heterocycles. The maximum Gasteiger partial charge on any atom is 0.161 e. The number of nitroso groups, excluding NO2 is 1. The SMILES string of the molecule is COc1ccc(CCC(O)[C@H]2O[C@@H]3SC(N(C)C)=N[C@@H]3[C@@H](N=O)[C@@H]2O)cc1. The molecule has 0 bridgehead atoms. The first kappa shape index (κ1) is 20.1. The fourth-order valence-electron chi connectivity index (χ4n) is 3.30. The molecule has 0 amide bonds. The molecule has 1 aromatic carbocycles. The van der Waals surface area contributed by atoms with Crippen molar-refractivity contribution in [2.24, 2.45) is 10.2 Å². The quantitative estimate of drug-likeness (QED) is 0.699. The Morgan fingerprint density at radius 1 is 1.37 bits per heavy atom. The molecule has 1 unspecified atom stereocenters. The molecule has 6 atom stereocenters. The molecule has 1 fully saturated rings. The zero-order valence-corrected chi connectivity index (χ0v) is 16.4. The van der Waals surface area contributed by atoms with Gasteiger partial charge in [0.05, 0.1) is 13.2 Å². The van der Waals surface area contributed by atoms with Crippen LogP contribution in [0.25, 0.3) is 0 Å². The molecule has 0 saturated carbocycles. The van der Waals surface area contributed by atoms with Crippen LogP contribution in [0.3, 0.4) is 0 Å². The largest absolute Gasteiger partial charge is 0.497 e. The van der Waals surface area contributed by atoms with Crippen molar-refractivity contribution in [2.75, 3.05) is 21.2 Å². The van der Waals surface area contributed by atoms with Crippen molar-refractivity contribution >= 4 is 16.9 Å². The van der Waals surface area contributed by atoms with E-state index in [1.807, 2.05) is 43.3 Å². The van der Waals surface area contributed by atoms with Crippen LogP contribution in [0.5, 0.6) is 5.75 Å². The van der Waals surface area contributed by atoms with Crippen LogP contribution in [0.2, 0.25) is 0 Å². The summed E-state index contributed by atoms with van der Waals surface area (Å²) in [7, 11) is 5.31. The molecule has 8 nitrogen and oxygen atoms in total. The van der Waals surface area contributed by atoms with Crippen molar-refractivity contribution in [1.82, 2.24) is 4.90 Å². The average molecular weight is 395 g/mol. The maximum atomic E-state index is 11.3. The number of hydrogen-bond acceptors (Lipinski definition) is 9. The summed E-state index contributed by atoms with van der Waals surface area (Å²) in [6.45, 7) is 0. The third kappa shape index (κ3) is 4.26. The molecule has 9 heteroatoms. The summed E-state index contributed by atoms with van der Waals surface area (Å²) >= 11 is 1.38. The number of ether oxygens (including phenoxy) is 2. The van der Waals surface area contributed by atoms with Crippen LogP contribution < -0.4 is 4.74 Å². The molecule has 0 spiro atoms. The standard InChI is InChI=1S/C18H25N3O5S/c1-21(2)18-19-14-13(20-24)15(23)16(26-17(14)27-18)12(22)9-6-10-4-7-11(25-3)8-5-10/h4-5,7-8,12-17,22-23H,6,9H2,1-3H3/t12?,13-,14-,15+,16-,17-/m1/s1. The average Bonchev–Trinajstić information content (AvgIpc) is 3.10. The van der Waals surface area contributed by atoms with Crippen molar-refractivity contribution in [3.63, 3.8) is 0 Å². The van der Waals surface area contributed by atoms with Crippen molar-refractivity contribution in [1.29, 1.82) is 0 Å². The molecule has 2 aliphatic rings. The number of aliphatic imine (C=N–C) groups is 1. The summed E-state index contributed by atoms with van der Waals surface area (Å²) < 4.78 is 11.1. The van der Waals surface area contributed by atoms with E-state index in [1.54, 1.807) is 7.11 Å². The van der Waals surface area contributed by atoms with E-state index >= 15 is 0 Å². The lowest BCUT2D eigenvalue weighted by Crippen LogP contribution is -2.57. The van der Waals surface area contributed by atoms with E-state index in [0.29, 0.717) is 12.8 Å². The lowest BCUT2D eigenvalue weighted by Gasteiger charge is -2.39. The van der Waals surface area contributed by atoms with Gasteiger partial charge in [-0.05, 0) is 30.5 Å². The summed E-state index contributed by atoms with van der Waals surface area (Å²) in [5.74, 6) is 0.770. The van der Waals surface area contributed by atoms with Gasteiger partial charge in [-0.1, -0.05) is 29.1 Å². The molecule has 2 heterocycles. The van der Waals surface area contributed by atoms with Crippen LogP contribution in [0.4, 0.5) is 0 Å². The zero-order valence-electron chi connectivity index (χ0n) is 15.6. The normalized spacial score (nSPS) is 31.0. The minimum atomic E-state index is -1.19. The molecule has 2 N–H and O–H groups in total. The highest BCUT2D eigenvalue weighted by Gasteiger charge is 2.51. The Morgan fingerprint density at radius 3 is 2.67 bits per heavy atom. The lowest BCUT2D eigenvalue weighted by atomic mass is 9.91. The van der Waals surface area contributed by atoms with Crippen LogP contribution >= 0.6 is 11.8 Å². The molecule has 0 radical (unpaired) electrons. The van der Waals surface area contributed by atoms with Crippen molar-refractivity contribution in [3.05, 3.63) is 34.7 Å². The number of amidine groups is 1. The Labute approximate surface area is 162 Å². The fourth-order valence-corrected chi connectivity index (χ4v) is 4.45. The van der Waals surface area contributed by atoms with Gasteiger partial charge in [-0.15, -0.1) is 0 Å². The number of rotatable bonds is 6. The summed E-state index contributed by atoms with van der Waals surface area (Å²) in [5, 5.41) is 25.0. The second-order valence-corrected chi connectivity index (χ2v) is 7.99. The van der Waals surface area contributed by atoms with Gasteiger partial charge in [0.2, 0.25) is 0 Å². The number of nitrogens with zero attached hydrogens (tertiary/aromatic N) is 3. The Bertz CT molecular complexity index is 684. The molecule has 148 valence electrons. The number of thioether (sulfide) groups is 1. The Hall–Kier alpha value is -1.68. The van der Waals surface area contributed by atoms with Gasteiger partial charge in [0.15, 0.2) is 5.17 Å². The van der Waals surface area contributed by atoms with E-state index in [0.717, 1.165) is 16.5 Å². The third-order valence-corrected chi connectivity index (χ3v) is 6.16. The smallest absolute Gasteiger partial charge is 0.161 e. The van der Waals surface area contributed by atoms with Crippen molar-refractivity contribution in [2.45, 2.75) is 48.7 Å². The van der Waals surface area contributed by atoms with Gasteiger partial charge in [-0.25, -0.2) is 0 Å².